The van der Waals surface area contributed by atoms with Crippen molar-refractivity contribution >= 4 is 23.1 Å². The number of benzene rings is 1. The number of aromatic nitrogens is 1. The van der Waals surface area contributed by atoms with E-state index in [0.717, 1.165) is 55.8 Å². The normalized spacial score (nSPS) is 21.9. The second-order valence-electron chi connectivity index (χ2n) is 8.89. The summed E-state index contributed by atoms with van der Waals surface area (Å²) in [5.41, 5.74) is 0.613. The molecule has 0 saturated heterocycles. The highest BCUT2D eigenvalue weighted by molar-refractivity contribution is 6.33. The zero-order valence-corrected chi connectivity index (χ0v) is 19.2. The molecule has 2 aliphatic rings. The van der Waals surface area contributed by atoms with Crippen molar-refractivity contribution in [1.82, 2.24) is 10.3 Å². The molecule has 0 spiro atoms. The first kappa shape index (κ1) is 23.2. The van der Waals surface area contributed by atoms with E-state index in [1.165, 1.54) is 6.07 Å². The molecule has 0 aliphatic heterocycles. The third-order valence-electron chi connectivity index (χ3n) is 6.34. The largest absolute Gasteiger partial charge is 0.383 e. The molecule has 8 heteroatoms. The zero-order chi connectivity index (χ0) is 22.6. The first-order valence-electron chi connectivity index (χ1n) is 11.3. The maximum atomic E-state index is 14.2. The van der Waals surface area contributed by atoms with Crippen molar-refractivity contribution in [3.05, 3.63) is 41.3 Å². The van der Waals surface area contributed by atoms with Gasteiger partial charge in [0.05, 0.1) is 17.3 Å². The van der Waals surface area contributed by atoms with Gasteiger partial charge in [-0.1, -0.05) is 17.7 Å². The van der Waals surface area contributed by atoms with Crippen molar-refractivity contribution < 1.29 is 13.5 Å². The summed E-state index contributed by atoms with van der Waals surface area (Å²) < 4.78 is 33.3. The van der Waals surface area contributed by atoms with E-state index in [1.54, 1.807) is 25.4 Å². The van der Waals surface area contributed by atoms with E-state index in [0.29, 0.717) is 29.9 Å². The molecule has 2 aliphatic carbocycles. The molecule has 1 aromatic heterocycles. The fourth-order valence-electron chi connectivity index (χ4n) is 4.15. The number of pyridine rings is 1. The Balaban J connectivity index is 1.40. The Kier molecular flexibility index (Phi) is 7.48. The van der Waals surface area contributed by atoms with E-state index in [4.69, 9.17) is 16.3 Å². The molecule has 0 unspecified atom stereocenters. The molecule has 1 aromatic carbocycles. The number of ether oxygens (including phenoxy) is 1. The van der Waals surface area contributed by atoms with Gasteiger partial charge in [0.25, 0.3) is 0 Å². The highest BCUT2D eigenvalue weighted by atomic mass is 35.5. The Labute approximate surface area is 193 Å². The Morgan fingerprint density at radius 3 is 2.62 bits per heavy atom. The quantitative estimate of drug-likeness (QED) is 0.410. The van der Waals surface area contributed by atoms with Crippen molar-refractivity contribution in [1.29, 1.82) is 0 Å². The Bertz CT molecular complexity index is 917. The lowest BCUT2D eigenvalue weighted by atomic mass is 9.91. The maximum absolute atomic E-state index is 14.2. The van der Waals surface area contributed by atoms with Crippen molar-refractivity contribution in [3.8, 4) is 11.1 Å². The molecule has 2 saturated carbocycles. The molecule has 2 fully saturated rings. The smallest absolute Gasteiger partial charge is 0.146 e. The van der Waals surface area contributed by atoms with Gasteiger partial charge in [0, 0.05) is 44.0 Å². The molecule has 0 atom stereocenters. The van der Waals surface area contributed by atoms with Gasteiger partial charge < -0.3 is 20.7 Å². The molecule has 32 heavy (non-hydrogen) atoms. The number of anilines is 2. The maximum Gasteiger partial charge on any atom is 0.146 e. The third kappa shape index (κ3) is 6.09. The van der Waals surface area contributed by atoms with E-state index in [9.17, 15) is 8.78 Å². The molecule has 0 radical (unpaired) electrons. The predicted molar refractivity (Wildman–Crippen MR) is 126 cm³/mol. The SMILES string of the molecule is COCCN[C@H]1CC[C@H](Nc2cc(-c3ccc(F)c(NCC4(F)CC4)c3)c(Cl)cn2)CC1. The van der Waals surface area contributed by atoms with Crippen LogP contribution in [0.3, 0.4) is 0 Å². The number of halogens is 3. The highest BCUT2D eigenvalue weighted by Crippen LogP contribution is 2.40. The molecular formula is C24H31ClF2N4O. The monoisotopic (exact) mass is 464 g/mol. The number of hydrogen-bond acceptors (Lipinski definition) is 5. The summed E-state index contributed by atoms with van der Waals surface area (Å²) in [6.07, 6.45) is 6.99. The molecule has 0 amide bonds. The minimum atomic E-state index is -1.20. The van der Waals surface area contributed by atoms with Gasteiger partial charge in [-0.3, -0.25) is 0 Å². The number of nitrogens with zero attached hydrogens (tertiary/aromatic N) is 1. The van der Waals surface area contributed by atoms with Gasteiger partial charge in [0.1, 0.15) is 17.3 Å². The van der Waals surface area contributed by atoms with Crippen LogP contribution in [0.1, 0.15) is 38.5 Å². The first-order valence-corrected chi connectivity index (χ1v) is 11.7. The number of nitrogens with one attached hydrogen (secondary N) is 3. The van der Waals surface area contributed by atoms with E-state index in [2.05, 4.69) is 20.9 Å². The van der Waals surface area contributed by atoms with Crippen LogP contribution in [-0.2, 0) is 4.74 Å². The lowest BCUT2D eigenvalue weighted by Crippen LogP contribution is -2.38. The molecule has 2 aromatic rings. The molecule has 3 N–H and O–H groups in total. The van der Waals surface area contributed by atoms with Crippen LogP contribution in [0.4, 0.5) is 20.3 Å². The second-order valence-corrected chi connectivity index (χ2v) is 9.30. The summed E-state index contributed by atoms with van der Waals surface area (Å²) in [6, 6.07) is 7.54. The summed E-state index contributed by atoms with van der Waals surface area (Å²) in [5, 5.41) is 10.5. The van der Waals surface area contributed by atoms with E-state index in [-0.39, 0.29) is 12.2 Å². The topological polar surface area (TPSA) is 58.2 Å². The van der Waals surface area contributed by atoms with Crippen LogP contribution < -0.4 is 16.0 Å². The van der Waals surface area contributed by atoms with Crippen LogP contribution >= 0.6 is 11.6 Å². The minimum absolute atomic E-state index is 0.118. The summed E-state index contributed by atoms with van der Waals surface area (Å²) in [4.78, 5) is 4.44. The summed E-state index contributed by atoms with van der Waals surface area (Å²) >= 11 is 6.42. The lowest BCUT2D eigenvalue weighted by molar-refractivity contribution is 0.191. The van der Waals surface area contributed by atoms with Gasteiger partial charge in [0.2, 0.25) is 0 Å². The number of rotatable bonds is 10. The summed E-state index contributed by atoms with van der Waals surface area (Å²) in [5.74, 6) is 0.345. The van der Waals surface area contributed by atoms with Crippen LogP contribution in [0.25, 0.3) is 11.1 Å². The van der Waals surface area contributed by atoms with Gasteiger partial charge in [0.15, 0.2) is 0 Å². The zero-order valence-electron chi connectivity index (χ0n) is 18.4. The average molecular weight is 465 g/mol. The molecule has 4 rings (SSSR count). The molecule has 5 nitrogen and oxygen atoms in total. The van der Waals surface area contributed by atoms with Crippen molar-refractivity contribution in [3.63, 3.8) is 0 Å². The molecule has 174 valence electrons. The first-order chi connectivity index (χ1) is 15.5. The summed E-state index contributed by atoms with van der Waals surface area (Å²) in [7, 11) is 1.71. The van der Waals surface area contributed by atoms with Crippen molar-refractivity contribution in [2.24, 2.45) is 0 Å². The predicted octanol–water partition coefficient (Wildman–Crippen LogP) is 5.41. The van der Waals surface area contributed by atoms with E-state index in [1.807, 2.05) is 6.07 Å². The van der Waals surface area contributed by atoms with Crippen LogP contribution in [0.2, 0.25) is 5.02 Å². The van der Waals surface area contributed by atoms with Gasteiger partial charge in [-0.05, 0) is 62.3 Å². The number of hydrogen-bond donors (Lipinski definition) is 3. The van der Waals surface area contributed by atoms with Crippen molar-refractivity contribution in [2.75, 3.05) is 37.4 Å². The fourth-order valence-corrected chi connectivity index (χ4v) is 4.36. The fraction of sp³-hybridized carbons (Fsp3) is 0.542. The number of alkyl halides is 1. The van der Waals surface area contributed by atoms with E-state index < -0.39 is 11.5 Å². The lowest BCUT2D eigenvalue weighted by Gasteiger charge is -2.30. The second kappa shape index (κ2) is 10.3. The number of methoxy groups -OCH3 is 1. The van der Waals surface area contributed by atoms with Crippen LogP contribution in [0.5, 0.6) is 0 Å². The Morgan fingerprint density at radius 2 is 1.91 bits per heavy atom. The van der Waals surface area contributed by atoms with Gasteiger partial charge in [-0.2, -0.15) is 0 Å². The summed E-state index contributed by atoms with van der Waals surface area (Å²) in [6.45, 7) is 1.72. The standard InChI is InChI=1S/C24H31ClF2N4O/c1-32-11-10-28-17-3-5-18(6-4-17)31-23-13-19(20(25)14-29-23)16-2-7-21(26)22(12-16)30-15-24(27)8-9-24/h2,7,12-14,17-18,28,30H,3-6,8-11,15H2,1H3,(H,29,31)/t17-,18-. The van der Waals surface area contributed by atoms with Crippen LogP contribution in [0, 0.1) is 5.82 Å². The van der Waals surface area contributed by atoms with E-state index >= 15 is 0 Å². The molecule has 0 bridgehead atoms. The molecule has 1 heterocycles. The Hall–Kier alpha value is -1.96. The van der Waals surface area contributed by atoms with Crippen LogP contribution in [-0.4, -0.2) is 49.5 Å². The van der Waals surface area contributed by atoms with Gasteiger partial charge >= 0.3 is 0 Å². The molecular weight excluding hydrogens is 434 g/mol. The minimum Gasteiger partial charge on any atom is -0.383 e. The van der Waals surface area contributed by atoms with Crippen LogP contribution in [0.15, 0.2) is 30.5 Å². The third-order valence-corrected chi connectivity index (χ3v) is 6.64. The van der Waals surface area contributed by atoms with Gasteiger partial charge in [-0.15, -0.1) is 0 Å². The average Bonchev–Trinajstić information content (AvgIpc) is 3.53. The van der Waals surface area contributed by atoms with Gasteiger partial charge in [-0.25, -0.2) is 13.8 Å². The van der Waals surface area contributed by atoms with Crippen molar-refractivity contribution in [2.45, 2.75) is 56.3 Å². The highest BCUT2D eigenvalue weighted by Gasteiger charge is 2.42. The Morgan fingerprint density at radius 1 is 1.16 bits per heavy atom.